The zero-order chi connectivity index (χ0) is 11.7. The second kappa shape index (κ2) is 5.82. The van der Waals surface area contributed by atoms with Gasteiger partial charge in [-0.25, -0.2) is 0 Å². The average molecular weight is 268 g/mol. The van der Waals surface area contributed by atoms with Crippen LogP contribution in [-0.4, -0.2) is 46.3 Å². The van der Waals surface area contributed by atoms with Gasteiger partial charge in [-0.15, -0.1) is 12.4 Å². The molecule has 16 heavy (non-hydrogen) atoms. The van der Waals surface area contributed by atoms with Crippen molar-refractivity contribution in [2.24, 2.45) is 0 Å². The molecule has 0 N–H and O–H groups in total. The van der Waals surface area contributed by atoms with E-state index < -0.39 is 8.32 Å². The van der Waals surface area contributed by atoms with Crippen molar-refractivity contribution in [1.82, 2.24) is 4.90 Å². The molecule has 0 aromatic heterocycles. The maximum absolute atomic E-state index is 6.30. The Morgan fingerprint density at radius 1 is 1.31 bits per heavy atom. The molecular formula is C11H26ClNO2Si. The minimum Gasteiger partial charge on any atom is -0.399 e. The molecular weight excluding hydrogens is 242 g/mol. The number of hydrogen-bond donors (Lipinski definition) is 0. The molecule has 0 bridgehead atoms. The molecule has 98 valence electrons. The Labute approximate surface area is 107 Å². The summed E-state index contributed by atoms with van der Waals surface area (Å²) >= 11 is 0. The van der Waals surface area contributed by atoms with Gasteiger partial charge in [0.15, 0.2) is 8.32 Å². The number of hydrogen-bond acceptors (Lipinski definition) is 3. The van der Waals surface area contributed by atoms with Crippen LogP contribution in [0.25, 0.3) is 0 Å². The highest BCUT2D eigenvalue weighted by Gasteiger charge is 2.40. The molecule has 1 rings (SSSR count). The van der Waals surface area contributed by atoms with Gasteiger partial charge < -0.3 is 9.16 Å². The first kappa shape index (κ1) is 16.4. The molecule has 3 nitrogen and oxygen atoms in total. The second-order valence-corrected chi connectivity index (χ2v) is 10.6. The van der Waals surface area contributed by atoms with Gasteiger partial charge in [0.1, 0.15) is 6.23 Å². The molecule has 1 heterocycles. The molecule has 1 saturated heterocycles. The minimum absolute atomic E-state index is 0. The predicted octanol–water partition coefficient (Wildman–Crippen LogP) is 2.72. The summed E-state index contributed by atoms with van der Waals surface area (Å²) in [4.78, 5) is 2.25. The van der Waals surface area contributed by atoms with Gasteiger partial charge in [0.2, 0.25) is 0 Å². The van der Waals surface area contributed by atoms with Gasteiger partial charge in [0, 0.05) is 6.54 Å². The number of morpholine rings is 1. The van der Waals surface area contributed by atoms with Crippen molar-refractivity contribution in [2.75, 3.05) is 26.8 Å². The van der Waals surface area contributed by atoms with Crippen LogP contribution in [0.1, 0.15) is 20.8 Å². The molecule has 0 aliphatic carbocycles. The molecule has 0 unspecified atom stereocenters. The summed E-state index contributed by atoms with van der Waals surface area (Å²) in [7, 11) is 0.456. The lowest BCUT2D eigenvalue weighted by atomic mass is 10.2. The quantitative estimate of drug-likeness (QED) is 0.718. The first-order valence-electron chi connectivity index (χ1n) is 5.70. The highest BCUT2D eigenvalue weighted by atomic mass is 35.5. The van der Waals surface area contributed by atoms with Crippen LogP contribution in [0.3, 0.4) is 0 Å². The van der Waals surface area contributed by atoms with Crippen LogP contribution < -0.4 is 0 Å². The minimum atomic E-state index is -1.66. The summed E-state index contributed by atoms with van der Waals surface area (Å²) < 4.78 is 11.8. The zero-order valence-corrected chi connectivity index (χ0v) is 13.2. The first-order chi connectivity index (χ1) is 6.74. The topological polar surface area (TPSA) is 21.7 Å². The van der Waals surface area contributed by atoms with Crippen molar-refractivity contribution >= 4 is 20.7 Å². The van der Waals surface area contributed by atoms with Crippen LogP contribution in [0.4, 0.5) is 0 Å². The van der Waals surface area contributed by atoms with E-state index in [1.165, 1.54) is 0 Å². The van der Waals surface area contributed by atoms with E-state index in [4.69, 9.17) is 9.16 Å². The zero-order valence-electron chi connectivity index (χ0n) is 11.4. The number of nitrogens with zero attached hydrogens (tertiary/aromatic N) is 1. The highest BCUT2D eigenvalue weighted by molar-refractivity contribution is 6.74. The Balaban J connectivity index is 0.00000225. The second-order valence-electron chi connectivity index (χ2n) is 5.89. The summed E-state index contributed by atoms with van der Waals surface area (Å²) in [5.41, 5.74) is 0. The Bertz CT molecular complexity index is 219. The van der Waals surface area contributed by atoms with Gasteiger partial charge in [0.25, 0.3) is 0 Å². The lowest BCUT2D eigenvalue weighted by Crippen LogP contribution is -2.52. The van der Waals surface area contributed by atoms with E-state index in [2.05, 4.69) is 45.8 Å². The number of ether oxygens (including phenoxy) is 1. The van der Waals surface area contributed by atoms with Crippen LogP contribution in [0.15, 0.2) is 0 Å². The third-order valence-electron chi connectivity index (χ3n) is 3.58. The van der Waals surface area contributed by atoms with Crippen molar-refractivity contribution in [3.63, 3.8) is 0 Å². The molecule has 0 aromatic rings. The molecule has 1 atom stereocenters. The Kier molecular flexibility index (Phi) is 5.96. The third-order valence-corrected chi connectivity index (χ3v) is 8.05. The fourth-order valence-corrected chi connectivity index (χ4v) is 2.59. The predicted molar refractivity (Wildman–Crippen MR) is 72.8 cm³/mol. The molecule has 0 spiro atoms. The smallest absolute Gasteiger partial charge is 0.194 e. The van der Waals surface area contributed by atoms with Gasteiger partial charge in [-0.05, 0) is 25.2 Å². The highest BCUT2D eigenvalue weighted by Crippen LogP contribution is 2.37. The Morgan fingerprint density at radius 3 is 2.31 bits per heavy atom. The molecule has 0 aromatic carbocycles. The van der Waals surface area contributed by atoms with E-state index in [0.29, 0.717) is 6.61 Å². The molecule has 0 radical (unpaired) electrons. The Hall–Kier alpha value is 0.387. The third kappa shape index (κ3) is 4.00. The van der Waals surface area contributed by atoms with E-state index >= 15 is 0 Å². The van der Waals surface area contributed by atoms with Gasteiger partial charge in [-0.3, -0.25) is 4.90 Å². The molecule has 5 heteroatoms. The van der Waals surface area contributed by atoms with E-state index in [0.717, 1.165) is 13.2 Å². The van der Waals surface area contributed by atoms with E-state index in [1.54, 1.807) is 0 Å². The van der Waals surface area contributed by atoms with Crippen LogP contribution in [0.2, 0.25) is 18.1 Å². The monoisotopic (exact) mass is 267 g/mol. The summed E-state index contributed by atoms with van der Waals surface area (Å²) in [5, 5.41) is 0.269. The van der Waals surface area contributed by atoms with Crippen molar-refractivity contribution in [1.29, 1.82) is 0 Å². The molecule has 0 amide bonds. The van der Waals surface area contributed by atoms with Gasteiger partial charge >= 0.3 is 0 Å². The van der Waals surface area contributed by atoms with Gasteiger partial charge in [-0.2, -0.15) is 0 Å². The molecule has 0 saturated carbocycles. The fourth-order valence-electron chi connectivity index (χ4n) is 1.30. The summed E-state index contributed by atoms with van der Waals surface area (Å²) in [5.74, 6) is 0. The largest absolute Gasteiger partial charge is 0.399 e. The van der Waals surface area contributed by atoms with E-state index in [-0.39, 0.29) is 23.7 Å². The lowest BCUT2D eigenvalue weighted by Gasteiger charge is -2.43. The molecule has 1 aliphatic rings. The lowest BCUT2D eigenvalue weighted by molar-refractivity contribution is -0.0856. The van der Waals surface area contributed by atoms with Crippen LogP contribution in [0, 0.1) is 0 Å². The maximum Gasteiger partial charge on any atom is 0.194 e. The molecule has 1 aliphatic heterocycles. The normalized spacial score (nSPS) is 24.0. The van der Waals surface area contributed by atoms with Crippen molar-refractivity contribution in [3.8, 4) is 0 Å². The summed E-state index contributed by atoms with van der Waals surface area (Å²) in [6, 6.07) is 0. The first-order valence-corrected chi connectivity index (χ1v) is 8.61. The van der Waals surface area contributed by atoms with Crippen LogP contribution in [-0.2, 0) is 9.16 Å². The van der Waals surface area contributed by atoms with Crippen molar-refractivity contribution in [3.05, 3.63) is 0 Å². The summed E-state index contributed by atoms with van der Waals surface area (Å²) in [6.07, 6.45) is 0.152. The van der Waals surface area contributed by atoms with Crippen LogP contribution in [0.5, 0.6) is 0 Å². The van der Waals surface area contributed by atoms with Crippen molar-refractivity contribution < 1.29 is 9.16 Å². The maximum atomic E-state index is 6.30. The van der Waals surface area contributed by atoms with Gasteiger partial charge in [-0.1, -0.05) is 20.8 Å². The molecule has 1 fully saturated rings. The number of rotatable bonds is 2. The standard InChI is InChI=1S/C11H25NO2Si.ClH/c1-11(2,3)15(5,6)14-10-9-13-8-7-12(10)4;/h10H,7-9H2,1-6H3;1H/t10-;/m0./s1. The average Bonchev–Trinajstić information content (AvgIpc) is 2.06. The summed E-state index contributed by atoms with van der Waals surface area (Å²) in [6.45, 7) is 13.9. The van der Waals surface area contributed by atoms with Gasteiger partial charge in [0.05, 0.1) is 13.2 Å². The van der Waals surface area contributed by atoms with E-state index in [9.17, 15) is 0 Å². The van der Waals surface area contributed by atoms with E-state index in [1.807, 2.05) is 0 Å². The number of halogens is 1. The number of likely N-dealkylation sites (N-methyl/N-ethyl adjacent to an activating group) is 1. The van der Waals surface area contributed by atoms with Crippen molar-refractivity contribution in [2.45, 2.75) is 45.1 Å². The fraction of sp³-hybridized carbons (Fsp3) is 1.00. The Morgan fingerprint density at radius 2 is 1.88 bits per heavy atom. The SMILES string of the molecule is CN1CCOC[C@@H]1O[Si](C)(C)C(C)(C)C.Cl. The van der Waals surface area contributed by atoms with Crippen LogP contribution >= 0.6 is 12.4 Å².